The first-order chi connectivity index (χ1) is 15.3. The Labute approximate surface area is 191 Å². The van der Waals surface area contributed by atoms with Crippen molar-refractivity contribution in [2.24, 2.45) is 0 Å². The van der Waals surface area contributed by atoms with Gasteiger partial charge in [-0.15, -0.1) is 0 Å². The van der Waals surface area contributed by atoms with Crippen LogP contribution in [0.3, 0.4) is 0 Å². The zero-order chi connectivity index (χ0) is 27.3. The van der Waals surface area contributed by atoms with Gasteiger partial charge in [0.1, 0.15) is 10.5 Å². The monoisotopic (exact) mass is 558 g/mol. The van der Waals surface area contributed by atoms with Gasteiger partial charge in [-0.2, -0.15) is 13.2 Å². The standard InChI is InChI=1S/C17H14F8N2O6S2/c1-16(29,9-34(32,33)11-3-2-4-12(8-11)35(21,22,23,24)25)15(28)26-10-5-6-14(27(30)31)13(7-10)17(18,19)20/h2-8,29H,9H2,1H3,(H,26,28). The van der Waals surface area contributed by atoms with E-state index in [4.69, 9.17) is 0 Å². The Bertz CT molecular complexity index is 1310. The molecule has 0 aliphatic heterocycles. The lowest BCUT2D eigenvalue weighted by molar-refractivity contribution is -0.388. The van der Waals surface area contributed by atoms with E-state index in [0.717, 1.165) is 0 Å². The van der Waals surface area contributed by atoms with Crippen LogP contribution in [0.4, 0.5) is 44.0 Å². The molecule has 2 rings (SSSR count). The minimum absolute atomic E-state index is 0.0712. The Morgan fingerprint density at radius 3 is 2.14 bits per heavy atom. The van der Waals surface area contributed by atoms with E-state index in [-0.39, 0.29) is 18.2 Å². The third-order valence-corrected chi connectivity index (χ3v) is 7.39. The Kier molecular flexibility index (Phi) is 6.26. The van der Waals surface area contributed by atoms with Crippen LogP contribution in [0.15, 0.2) is 52.3 Å². The van der Waals surface area contributed by atoms with E-state index in [2.05, 4.69) is 0 Å². The third kappa shape index (κ3) is 6.79. The summed E-state index contributed by atoms with van der Waals surface area (Å²) in [6, 6.07) is 1.59. The topological polar surface area (TPSA) is 127 Å². The van der Waals surface area contributed by atoms with Crippen molar-refractivity contribution in [3.8, 4) is 0 Å². The number of anilines is 1. The van der Waals surface area contributed by atoms with Crippen LogP contribution in [0.2, 0.25) is 0 Å². The minimum atomic E-state index is -10.3. The summed E-state index contributed by atoms with van der Waals surface area (Å²) in [5, 5.41) is 22.7. The largest absolute Gasteiger partial charge is 0.423 e. The molecular weight excluding hydrogens is 544 g/mol. The summed E-state index contributed by atoms with van der Waals surface area (Å²) in [7, 11) is -15.3. The van der Waals surface area contributed by atoms with E-state index in [1.54, 1.807) is 5.32 Å². The number of hydrogen-bond donors (Lipinski definition) is 2. The lowest BCUT2D eigenvalue weighted by Crippen LogP contribution is -2.45. The second-order valence-corrected chi connectivity index (χ2v) is 11.8. The average Bonchev–Trinajstić information content (AvgIpc) is 2.64. The molecule has 0 saturated heterocycles. The zero-order valence-electron chi connectivity index (χ0n) is 17.0. The number of nitrogens with one attached hydrogen (secondary N) is 1. The van der Waals surface area contributed by atoms with Gasteiger partial charge in [0.2, 0.25) is 0 Å². The van der Waals surface area contributed by atoms with E-state index < -0.39 is 75.2 Å². The number of hydrogen-bond acceptors (Lipinski definition) is 6. The van der Waals surface area contributed by atoms with E-state index in [1.165, 1.54) is 0 Å². The van der Waals surface area contributed by atoms with Crippen LogP contribution < -0.4 is 5.32 Å². The number of aliphatic hydroxyl groups is 1. The predicted octanol–water partition coefficient (Wildman–Crippen LogP) is 5.43. The molecular formula is C17H14F8N2O6S2. The van der Waals surface area contributed by atoms with E-state index in [9.17, 15) is 61.0 Å². The van der Waals surface area contributed by atoms with Crippen molar-refractivity contribution in [2.75, 3.05) is 11.1 Å². The minimum Gasteiger partial charge on any atom is -0.379 e. The van der Waals surface area contributed by atoms with Crippen LogP contribution in [0.1, 0.15) is 12.5 Å². The molecule has 0 saturated carbocycles. The maximum atomic E-state index is 13.1. The summed E-state index contributed by atoms with van der Waals surface area (Å²) in [5.74, 6) is -3.32. The van der Waals surface area contributed by atoms with Gasteiger partial charge in [0, 0.05) is 11.8 Å². The lowest BCUT2D eigenvalue weighted by atomic mass is 10.1. The molecule has 0 bridgehead atoms. The quantitative estimate of drug-likeness (QED) is 0.265. The van der Waals surface area contributed by atoms with Gasteiger partial charge in [0.15, 0.2) is 15.4 Å². The first-order valence-corrected chi connectivity index (χ1v) is 12.4. The van der Waals surface area contributed by atoms with Gasteiger partial charge < -0.3 is 10.4 Å². The molecule has 1 unspecified atom stereocenters. The second kappa shape index (κ2) is 7.76. The van der Waals surface area contributed by atoms with Crippen molar-refractivity contribution in [1.29, 1.82) is 0 Å². The fraction of sp³-hybridized carbons (Fsp3) is 0.235. The number of carbonyl (C=O) groups excluding carboxylic acids is 1. The van der Waals surface area contributed by atoms with Gasteiger partial charge in [-0.25, -0.2) is 8.42 Å². The molecule has 0 radical (unpaired) electrons. The molecule has 0 aliphatic rings. The van der Waals surface area contributed by atoms with Gasteiger partial charge in [0.05, 0.1) is 15.6 Å². The fourth-order valence-corrected chi connectivity index (χ4v) is 5.08. The molecule has 2 aromatic rings. The molecule has 0 heterocycles. The number of nitro groups is 1. The van der Waals surface area contributed by atoms with Crippen molar-refractivity contribution < 1.29 is 55.8 Å². The molecule has 196 valence electrons. The van der Waals surface area contributed by atoms with Gasteiger partial charge in [-0.1, -0.05) is 25.5 Å². The van der Waals surface area contributed by atoms with Crippen LogP contribution >= 0.6 is 10.2 Å². The highest BCUT2D eigenvalue weighted by atomic mass is 32.5. The highest BCUT2D eigenvalue weighted by Gasteiger charge is 2.65. The van der Waals surface area contributed by atoms with Gasteiger partial charge in [-0.05, 0) is 37.3 Å². The second-order valence-electron chi connectivity index (χ2n) is 7.42. The Hall–Kier alpha value is -2.99. The number of carbonyl (C=O) groups is 1. The summed E-state index contributed by atoms with van der Waals surface area (Å²) >= 11 is 0. The highest BCUT2D eigenvalue weighted by molar-refractivity contribution is 8.45. The van der Waals surface area contributed by atoms with E-state index in [0.29, 0.717) is 31.2 Å². The predicted molar refractivity (Wildman–Crippen MR) is 107 cm³/mol. The Morgan fingerprint density at radius 2 is 1.66 bits per heavy atom. The van der Waals surface area contributed by atoms with Crippen LogP contribution in [0.5, 0.6) is 0 Å². The van der Waals surface area contributed by atoms with Gasteiger partial charge in [-0.3, -0.25) is 14.9 Å². The number of sulfone groups is 1. The lowest BCUT2D eigenvalue weighted by Gasteiger charge is -2.40. The summed E-state index contributed by atoms with van der Waals surface area (Å²) in [6.45, 7) is 0.546. The molecule has 0 aliphatic carbocycles. The molecule has 1 amide bonds. The molecule has 0 aromatic heterocycles. The smallest absolute Gasteiger partial charge is 0.379 e. The number of amides is 1. The van der Waals surface area contributed by atoms with Crippen LogP contribution in [-0.2, 0) is 20.8 Å². The van der Waals surface area contributed by atoms with Gasteiger partial charge >= 0.3 is 16.4 Å². The normalized spacial score (nSPS) is 16.5. The number of rotatable bonds is 7. The van der Waals surface area contributed by atoms with Crippen LogP contribution in [0.25, 0.3) is 0 Å². The molecule has 8 nitrogen and oxygen atoms in total. The highest BCUT2D eigenvalue weighted by Crippen LogP contribution is 3.02. The van der Waals surface area contributed by atoms with E-state index >= 15 is 0 Å². The Morgan fingerprint density at radius 1 is 1.09 bits per heavy atom. The molecule has 0 spiro atoms. The van der Waals surface area contributed by atoms with Crippen LogP contribution in [0, 0.1) is 10.1 Å². The van der Waals surface area contributed by atoms with Gasteiger partial charge in [0.25, 0.3) is 11.6 Å². The first-order valence-electron chi connectivity index (χ1n) is 8.80. The molecule has 1 atom stereocenters. The molecule has 0 fully saturated rings. The zero-order valence-corrected chi connectivity index (χ0v) is 18.7. The van der Waals surface area contributed by atoms with Crippen LogP contribution in [-0.4, -0.2) is 35.7 Å². The molecule has 2 N–H and O–H groups in total. The Balaban J connectivity index is 2.36. The summed E-state index contributed by atoms with van der Waals surface area (Å²) in [5.41, 5.74) is -6.88. The number of alkyl halides is 3. The number of benzene rings is 2. The van der Waals surface area contributed by atoms with Crippen molar-refractivity contribution in [2.45, 2.75) is 28.5 Å². The maximum Gasteiger partial charge on any atom is 0.423 e. The molecule has 35 heavy (non-hydrogen) atoms. The number of nitro benzene ring substituents is 1. The third-order valence-electron chi connectivity index (χ3n) is 4.33. The van der Waals surface area contributed by atoms with Crippen molar-refractivity contribution in [3.63, 3.8) is 0 Å². The van der Waals surface area contributed by atoms with Crippen molar-refractivity contribution in [1.82, 2.24) is 0 Å². The molecule has 2 aromatic carbocycles. The van der Waals surface area contributed by atoms with Crippen molar-refractivity contribution in [3.05, 3.63) is 58.1 Å². The average molecular weight is 558 g/mol. The number of halogens is 8. The first kappa shape index (κ1) is 28.2. The summed E-state index contributed by atoms with van der Waals surface area (Å²) in [4.78, 5) is 17.9. The summed E-state index contributed by atoms with van der Waals surface area (Å²) in [6.07, 6.45) is -5.23. The fourth-order valence-electron chi connectivity index (χ4n) is 2.69. The SMILES string of the molecule is CC(O)(CS(=O)(=O)c1cccc(S(F)(F)(F)(F)F)c1)C(=O)Nc1ccc([N+](=O)[O-])c(C(F)(F)F)c1. The molecule has 18 heteroatoms. The van der Waals surface area contributed by atoms with Crippen molar-refractivity contribution >= 4 is 37.3 Å². The maximum absolute atomic E-state index is 13.1. The number of nitrogens with zero attached hydrogens (tertiary/aromatic N) is 1. The summed E-state index contributed by atoms with van der Waals surface area (Å²) < 4.78 is 129. The van der Waals surface area contributed by atoms with E-state index in [1.807, 2.05) is 0 Å².